The molecule has 0 amide bonds. The number of ether oxygens (including phenoxy) is 2. The minimum atomic E-state index is -0.613. The van der Waals surface area contributed by atoms with E-state index in [0.717, 1.165) is 24.2 Å². The summed E-state index contributed by atoms with van der Waals surface area (Å²) < 4.78 is 11.3. The second-order valence-corrected chi connectivity index (χ2v) is 4.61. The Balaban J connectivity index is 2.92. The van der Waals surface area contributed by atoms with E-state index in [4.69, 9.17) is 9.47 Å². The number of hydrogen-bond acceptors (Lipinski definition) is 3. The highest BCUT2D eigenvalue weighted by Gasteiger charge is 2.36. The van der Waals surface area contributed by atoms with Crippen LogP contribution in [0, 0.1) is 0 Å². The fraction of sp³-hybridized carbons (Fsp3) is 0.625. The number of aliphatic hydroxyl groups is 1. The van der Waals surface area contributed by atoms with E-state index in [1.54, 1.807) is 0 Å². The van der Waals surface area contributed by atoms with Crippen molar-refractivity contribution in [2.45, 2.75) is 52.2 Å². The van der Waals surface area contributed by atoms with E-state index in [2.05, 4.69) is 13.8 Å². The fourth-order valence-corrected chi connectivity index (χ4v) is 2.42. The molecule has 0 saturated carbocycles. The maximum absolute atomic E-state index is 10.6. The second kappa shape index (κ2) is 7.51. The first-order chi connectivity index (χ1) is 9.13. The normalized spacial score (nSPS) is 13.3. The lowest BCUT2D eigenvalue weighted by atomic mass is 9.86. The SMILES string of the molecule is CCOc1ccc(C(O)C(CC)(CC)OCC)cc1. The summed E-state index contributed by atoms with van der Waals surface area (Å²) in [5, 5.41) is 10.6. The lowest BCUT2D eigenvalue weighted by Crippen LogP contribution is -2.38. The van der Waals surface area contributed by atoms with Crippen LogP contribution in [0.25, 0.3) is 0 Å². The van der Waals surface area contributed by atoms with Crippen LogP contribution in [0.5, 0.6) is 5.75 Å². The van der Waals surface area contributed by atoms with E-state index in [9.17, 15) is 5.11 Å². The van der Waals surface area contributed by atoms with Crippen LogP contribution in [0.15, 0.2) is 24.3 Å². The Bertz CT molecular complexity index is 355. The average Bonchev–Trinajstić information content (AvgIpc) is 2.45. The maximum atomic E-state index is 10.6. The predicted octanol–water partition coefficient (Wildman–Crippen LogP) is 3.71. The minimum Gasteiger partial charge on any atom is -0.494 e. The van der Waals surface area contributed by atoms with Crippen molar-refractivity contribution in [1.82, 2.24) is 0 Å². The molecular formula is C16H26O3. The number of benzene rings is 1. The lowest BCUT2D eigenvalue weighted by molar-refractivity contribution is -0.127. The van der Waals surface area contributed by atoms with E-state index >= 15 is 0 Å². The summed E-state index contributed by atoms with van der Waals surface area (Å²) in [6.45, 7) is 9.28. The topological polar surface area (TPSA) is 38.7 Å². The van der Waals surface area contributed by atoms with Crippen LogP contribution >= 0.6 is 0 Å². The van der Waals surface area contributed by atoms with Gasteiger partial charge in [-0.1, -0.05) is 26.0 Å². The van der Waals surface area contributed by atoms with Gasteiger partial charge in [-0.05, 0) is 44.4 Å². The zero-order valence-electron chi connectivity index (χ0n) is 12.5. The van der Waals surface area contributed by atoms with E-state index in [-0.39, 0.29) is 0 Å². The summed E-state index contributed by atoms with van der Waals surface area (Å²) in [5.41, 5.74) is 0.377. The summed E-state index contributed by atoms with van der Waals surface area (Å²) in [6, 6.07) is 7.61. The van der Waals surface area contributed by atoms with Gasteiger partial charge in [0.2, 0.25) is 0 Å². The number of rotatable bonds is 8. The summed E-state index contributed by atoms with van der Waals surface area (Å²) in [5.74, 6) is 0.827. The third-order valence-corrected chi connectivity index (χ3v) is 3.63. The fourth-order valence-electron chi connectivity index (χ4n) is 2.42. The Labute approximate surface area is 116 Å². The molecule has 0 bridgehead atoms. The molecule has 0 heterocycles. The van der Waals surface area contributed by atoms with E-state index in [1.165, 1.54) is 0 Å². The number of aliphatic hydroxyl groups excluding tert-OH is 1. The first kappa shape index (κ1) is 16.0. The van der Waals surface area contributed by atoms with Crippen molar-refractivity contribution in [3.05, 3.63) is 29.8 Å². The predicted molar refractivity (Wildman–Crippen MR) is 77.5 cm³/mol. The molecule has 1 atom stereocenters. The monoisotopic (exact) mass is 266 g/mol. The van der Waals surface area contributed by atoms with Crippen molar-refractivity contribution in [1.29, 1.82) is 0 Å². The first-order valence-corrected chi connectivity index (χ1v) is 7.18. The molecule has 0 radical (unpaired) electrons. The molecule has 1 aromatic rings. The van der Waals surface area contributed by atoms with Crippen LogP contribution in [0.3, 0.4) is 0 Å². The summed E-state index contributed by atoms with van der Waals surface area (Å²) in [6.07, 6.45) is 0.954. The Hall–Kier alpha value is -1.06. The van der Waals surface area contributed by atoms with Gasteiger partial charge in [0, 0.05) is 6.61 Å². The van der Waals surface area contributed by atoms with Crippen molar-refractivity contribution in [3.8, 4) is 5.75 Å². The third kappa shape index (κ3) is 3.71. The highest BCUT2D eigenvalue weighted by Crippen LogP contribution is 2.35. The molecule has 0 aliphatic rings. The van der Waals surface area contributed by atoms with Crippen LogP contribution in [-0.4, -0.2) is 23.9 Å². The Kier molecular flexibility index (Phi) is 6.32. The molecular weight excluding hydrogens is 240 g/mol. The summed E-state index contributed by atoms with van der Waals surface area (Å²) in [7, 11) is 0. The third-order valence-electron chi connectivity index (χ3n) is 3.63. The van der Waals surface area contributed by atoms with E-state index < -0.39 is 11.7 Å². The van der Waals surface area contributed by atoms with Gasteiger partial charge >= 0.3 is 0 Å². The van der Waals surface area contributed by atoms with Gasteiger partial charge in [0.15, 0.2) is 0 Å². The molecule has 3 heteroatoms. The first-order valence-electron chi connectivity index (χ1n) is 7.18. The van der Waals surface area contributed by atoms with Crippen molar-refractivity contribution < 1.29 is 14.6 Å². The van der Waals surface area contributed by atoms with Crippen LogP contribution < -0.4 is 4.74 Å². The van der Waals surface area contributed by atoms with Crippen LogP contribution in [-0.2, 0) is 4.74 Å². The minimum absolute atomic E-state index is 0.498. The smallest absolute Gasteiger partial charge is 0.119 e. The van der Waals surface area contributed by atoms with Crippen molar-refractivity contribution >= 4 is 0 Å². The molecule has 108 valence electrons. The van der Waals surface area contributed by atoms with Gasteiger partial charge in [0.1, 0.15) is 11.9 Å². The quantitative estimate of drug-likeness (QED) is 0.779. The molecule has 0 aliphatic carbocycles. The zero-order valence-corrected chi connectivity index (χ0v) is 12.5. The molecule has 1 N–H and O–H groups in total. The molecule has 0 aromatic heterocycles. The van der Waals surface area contributed by atoms with Gasteiger partial charge in [-0.2, -0.15) is 0 Å². The van der Waals surface area contributed by atoms with Crippen molar-refractivity contribution in [2.24, 2.45) is 0 Å². The molecule has 3 nitrogen and oxygen atoms in total. The van der Waals surface area contributed by atoms with Gasteiger partial charge < -0.3 is 14.6 Å². The maximum Gasteiger partial charge on any atom is 0.119 e. The van der Waals surface area contributed by atoms with Gasteiger partial charge in [0.25, 0.3) is 0 Å². The summed E-state index contributed by atoms with van der Waals surface area (Å²) >= 11 is 0. The van der Waals surface area contributed by atoms with Crippen molar-refractivity contribution in [3.63, 3.8) is 0 Å². The van der Waals surface area contributed by atoms with Gasteiger partial charge in [0.05, 0.1) is 12.2 Å². The zero-order chi connectivity index (χ0) is 14.3. The average molecular weight is 266 g/mol. The Morgan fingerprint density at radius 2 is 1.58 bits per heavy atom. The van der Waals surface area contributed by atoms with Crippen LogP contribution in [0.4, 0.5) is 0 Å². The number of hydrogen-bond donors (Lipinski definition) is 1. The molecule has 0 fully saturated rings. The lowest BCUT2D eigenvalue weighted by Gasteiger charge is -2.36. The van der Waals surface area contributed by atoms with E-state index in [0.29, 0.717) is 13.2 Å². The Morgan fingerprint density at radius 1 is 1.00 bits per heavy atom. The molecule has 0 aliphatic heterocycles. The standard InChI is InChI=1S/C16H26O3/c1-5-16(6-2,19-8-4)15(17)13-9-11-14(12-10-13)18-7-3/h9-12,15,17H,5-8H2,1-4H3. The van der Waals surface area contributed by atoms with E-state index in [1.807, 2.05) is 38.1 Å². The highest BCUT2D eigenvalue weighted by atomic mass is 16.5. The molecule has 0 saturated heterocycles. The molecule has 1 rings (SSSR count). The molecule has 0 spiro atoms. The van der Waals surface area contributed by atoms with Crippen molar-refractivity contribution in [2.75, 3.05) is 13.2 Å². The Morgan fingerprint density at radius 3 is 2.00 bits per heavy atom. The van der Waals surface area contributed by atoms with Gasteiger partial charge in [-0.3, -0.25) is 0 Å². The highest BCUT2D eigenvalue weighted by molar-refractivity contribution is 5.29. The molecule has 19 heavy (non-hydrogen) atoms. The molecule has 1 aromatic carbocycles. The van der Waals surface area contributed by atoms with Gasteiger partial charge in [-0.15, -0.1) is 0 Å². The molecule has 1 unspecified atom stereocenters. The second-order valence-electron chi connectivity index (χ2n) is 4.61. The van der Waals surface area contributed by atoms with Gasteiger partial charge in [-0.25, -0.2) is 0 Å². The van der Waals surface area contributed by atoms with Crippen LogP contribution in [0.2, 0.25) is 0 Å². The van der Waals surface area contributed by atoms with Crippen LogP contribution in [0.1, 0.15) is 52.2 Å². The largest absolute Gasteiger partial charge is 0.494 e. The summed E-state index contributed by atoms with van der Waals surface area (Å²) in [4.78, 5) is 0.